The van der Waals surface area contributed by atoms with E-state index < -0.39 is 12.1 Å². The molecule has 1 rings (SSSR count). The quantitative estimate of drug-likeness (QED) is 0.797. The Morgan fingerprint density at radius 2 is 2.25 bits per heavy atom. The van der Waals surface area contributed by atoms with E-state index in [1.165, 1.54) is 6.07 Å². The van der Waals surface area contributed by atoms with E-state index in [9.17, 15) is 9.59 Å². The smallest absolute Gasteiger partial charge is 0.407 e. The average Bonchev–Trinajstić information content (AvgIpc) is 2.27. The summed E-state index contributed by atoms with van der Waals surface area (Å²) in [5.41, 5.74) is 0.322. The van der Waals surface area contributed by atoms with Crippen molar-refractivity contribution in [1.82, 2.24) is 10.3 Å². The van der Waals surface area contributed by atoms with Crippen LogP contribution in [0.1, 0.15) is 23.1 Å². The van der Waals surface area contributed by atoms with Gasteiger partial charge in [0.1, 0.15) is 12.3 Å². The van der Waals surface area contributed by atoms with Crippen LogP contribution in [0.2, 0.25) is 0 Å². The number of amides is 1. The summed E-state index contributed by atoms with van der Waals surface area (Å²) in [5.74, 6) is -1.11. The Kier molecular flexibility index (Phi) is 4.26. The highest BCUT2D eigenvalue weighted by Gasteiger charge is 2.06. The zero-order chi connectivity index (χ0) is 12.0. The highest BCUT2D eigenvalue weighted by Crippen LogP contribution is 2.01. The molecule has 0 bridgehead atoms. The number of carbonyl (C=O) groups excluding carboxylic acids is 1. The van der Waals surface area contributed by atoms with E-state index in [1.807, 2.05) is 0 Å². The molecule has 16 heavy (non-hydrogen) atoms. The molecule has 0 aliphatic carbocycles. The van der Waals surface area contributed by atoms with Crippen molar-refractivity contribution < 1.29 is 19.4 Å². The van der Waals surface area contributed by atoms with Crippen LogP contribution in [0.5, 0.6) is 0 Å². The molecule has 0 aromatic carbocycles. The lowest BCUT2D eigenvalue weighted by molar-refractivity contribution is 0.0690. The molecule has 0 atom stereocenters. The number of carbonyl (C=O) groups is 2. The molecule has 0 fully saturated rings. The minimum absolute atomic E-state index is 0.0487. The molecule has 6 nitrogen and oxygen atoms in total. The summed E-state index contributed by atoms with van der Waals surface area (Å²) in [7, 11) is 0. The van der Waals surface area contributed by atoms with E-state index in [0.29, 0.717) is 12.2 Å². The second kappa shape index (κ2) is 5.69. The van der Waals surface area contributed by atoms with Gasteiger partial charge in [0.05, 0.1) is 5.69 Å². The molecule has 2 N–H and O–H groups in total. The highest BCUT2D eigenvalue weighted by molar-refractivity contribution is 5.85. The predicted octanol–water partition coefficient (Wildman–Crippen LogP) is 1.03. The molecule has 0 saturated heterocycles. The molecular formula is C10H12N2O4. The van der Waals surface area contributed by atoms with Gasteiger partial charge in [-0.1, -0.05) is 6.07 Å². The maximum atomic E-state index is 11.0. The van der Waals surface area contributed by atoms with Gasteiger partial charge in [0.15, 0.2) is 0 Å². The van der Waals surface area contributed by atoms with Crippen molar-refractivity contribution in [3.8, 4) is 0 Å². The van der Waals surface area contributed by atoms with Crippen molar-refractivity contribution in [3.05, 3.63) is 29.6 Å². The van der Waals surface area contributed by atoms with E-state index in [1.54, 1.807) is 19.1 Å². The van der Waals surface area contributed by atoms with Crippen molar-refractivity contribution in [2.75, 3.05) is 6.54 Å². The fraction of sp³-hybridized carbons (Fsp3) is 0.300. The molecule has 0 unspecified atom stereocenters. The molecule has 1 aromatic heterocycles. The number of alkyl carbamates (subject to hydrolysis) is 1. The van der Waals surface area contributed by atoms with Gasteiger partial charge in [-0.15, -0.1) is 0 Å². The zero-order valence-electron chi connectivity index (χ0n) is 8.77. The number of carboxylic acid groups (broad SMARTS) is 1. The number of hydrogen-bond donors (Lipinski definition) is 2. The van der Waals surface area contributed by atoms with Crippen LogP contribution >= 0.6 is 0 Å². The first-order chi connectivity index (χ1) is 7.63. The normalized spacial score (nSPS) is 9.56. The van der Waals surface area contributed by atoms with E-state index in [2.05, 4.69) is 10.3 Å². The molecular weight excluding hydrogens is 212 g/mol. The summed E-state index contributed by atoms with van der Waals surface area (Å²) in [4.78, 5) is 25.4. The average molecular weight is 224 g/mol. The van der Waals surface area contributed by atoms with Gasteiger partial charge in [-0.25, -0.2) is 14.6 Å². The molecule has 86 valence electrons. The Morgan fingerprint density at radius 1 is 1.50 bits per heavy atom. The van der Waals surface area contributed by atoms with E-state index in [0.717, 1.165) is 0 Å². The first-order valence-corrected chi connectivity index (χ1v) is 4.73. The zero-order valence-corrected chi connectivity index (χ0v) is 8.77. The Morgan fingerprint density at radius 3 is 2.88 bits per heavy atom. The van der Waals surface area contributed by atoms with E-state index in [4.69, 9.17) is 9.84 Å². The molecule has 0 saturated carbocycles. The minimum Gasteiger partial charge on any atom is -0.477 e. The van der Waals surface area contributed by atoms with Crippen molar-refractivity contribution in [3.63, 3.8) is 0 Å². The molecule has 0 aliphatic rings. The summed E-state index contributed by atoms with van der Waals surface area (Å²) in [6.07, 6.45) is -0.551. The number of rotatable bonds is 4. The minimum atomic E-state index is -1.11. The number of nitrogens with one attached hydrogen (secondary N) is 1. The van der Waals surface area contributed by atoms with Crippen LogP contribution in [-0.4, -0.2) is 28.7 Å². The van der Waals surface area contributed by atoms with E-state index in [-0.39, 0.29) is 12.3 Å². The number of carboxylic acids is 1. The number of hydrogen-bond acceptors (Lipinski definition) is 4. The lowest BCUT2D eigenvalue weighted by Gasteiger charge is -2.04. The Balaban J connectivity index is 2.57. The summed E-state index contributed by atoms with van der Waals surface area (Å²) >= 11 is 0. The van der Waals surface area contributed by atoms with Crippen LogP contribution < -0.4 is 5.32 Å². The van der Waals surface area contributed by atoms with Crippen LogP contribution in [0.4, 0.5) is 4.79 Å². The SMILES string of the molecule is CCNC(=O)OCc1cccc(C(=O)O)n1. The van der Waals surface area contributed by atoms with E-state index >= 15 is 0 Å². The van der Waals surface area contributed by atoms with Gasteiger partial charge >= 0.3 is 12.1 Å². The van der Waals surface area contributed by atoms with Gasteiger partial charge in [0.2, 0.25) is 0 Å². The maximum absolute atomic E-state index is 11.0. The molecule has 1 amide bonds. The topological polar surface area (TPSA) is 88.5 Å². The summed E-state index contributed by atoms with van der Waals surface area (Å²) in [5, 5.41) is 11.1. The molecule has 1 heterocycles. The van der Waals surface area contributed by atoms with Crippen LogP contribution in [0, 0.1) is 0 Å². The van der Waals surface area contributed by atoms with Gasteiger partial charge in [0.25, 0.3) is 0 Å². The van der Waals surface area contributed by atoms with Gasteiger partial charge in [-0.3, -0.25) is 0 Å². The fourth-order valence-corrected chi connectivity index (χ4v) is 1.01. The van der Waals surface area contributed by atoms with Gasteiger partial charge in [0, 0.05) is 6.54 Å². The first-order valence-electron chi connectivity index (χ1n) is 4.73. The van der Waals surface area contributed by atoms with Crippen LogP contribution in [0.15, 0.2) is 18.2 Å². The Bertz CT molecular complexity index is 392. The largest absolute Gasteiger partial charge is 0.477 e. The van der Waals surface area contributed by atoms with Crippen molar-refractivity contribution in [2.45, 2.75) is 13.5 Å². The van der Waals surface area contributed by atoms with Crippen molar-refractivity contribution in [2.24, 2.45) is 0 Å². The lowest BCUT2D eigenvalue weighted by Crippen LogP contribution is -2.23. The van der Waals surface area contributed by atoms with Gasteiger partial charge in [-0.05, 0) is 19.1 Å². The summed E-state index contributed by atoms with van der Waals surface area (Å²) < 4.78 is 4.80. The number of aromatic carboxylic acids is 1. The fourth-order valence-electron chi connectivity index (χ4n) is 1.01. The van der Waals surface area contributed by atoms with Crippen molar-refractivity contribution in [1.29, 1.82) is 0 Å². The van der Waals surface area contributed by atoms with Crippen LogP contribution in [-0.2, 0) is 11.3 Å². The third kappa shape index (κ3) is 3.56. The summed E-state index contributed by atoms with van der Waals surface area (Å²) in [6, 6.07) is 4.51. The Hall–Kier alpha value is -2.11. The molecule has 0 spiro atoms. The third-order valence-corrected chi connectivity index (χ3v) is 1.70. The molecule has 0 radical (unpaired) electrons. The number of pyridine rings is 1. The molecule has 6 heteroatoms. The Labute approximate surface area is 92.3 Å². The highest BCUT2D eigenvalue weighted by atomic mass is 16.5. The second-order valence-electron chi connectivity index (χ2n) is 2.93. The van der Waals surface area contributed by atoms with Gasteiger partial charge < -0.3 is 15.2 Å². The maximum Gasteiger partial charge on any atom is 0.407 e. The monoisotopic (exact) mass is 224 g/mol. The second-order valence-corrected chi connectivity index (χ2v) is 2.93. The lowest BCUT2D eigenvalue weighted by atomic mass is 10.3. The van der Waals surface area contributed by atoms with Crippen molar-refractivity contribution >= 4 is 12.1 Å². The predicted molar refractivity (Wildman–Crippen MR) is 55.1 cm³/mol. The first kappa shape index (κ1) is 12.0. The third-order valence-electron chi connectivity index (χ3n) is 1.70. The number of nitrogens with zero attached hydrogens (tertiary/aromatic N) is 1. The van der Waals surface area contributed by atoms with Crippen LogP contribution in [0.25, 0.3) is 0 Å². The molecule has 1 aromatic rings. The van der Waals surface area contributed by atoms with Gasteiger partial charge in [-0.2, -0.15) is 0 Å². The number of aromatic nitrogens is 1. The van der Waals surface area contributed by atoms with Crippen LogP contribution in [0.3, 0.4) is 0 Å². The summed E-state index contributed by atoms with van der Waals surface area (Å²) in [6.45, 7) is 2.19. The molecule has 0 aliphatic heterocycles. The standard InChI is InChI=1S/C10H12N2O4/c1-2-11-10(15)16-6-7-4-3-5-8(12-7)9(13)14/h3-5H,2,6H2,1H3,(H,11,15)(H,13,14). The number of ether oxygens (including phenoxy) is 1.